The van der Waals surface area contributed by atoms with Gasteiger partial charge in [-0.2, -0.15) is 0 Å². The van der Waals surface area contributed by atoms with Crippen molar-refractivity contribution < 1.29 is 4.92 Å². The van der Waals surface area contributed by atoms with Crippen LogP contribution in [-0.4, -0.2) is 11.0 Å². The van der Waals surface area contributed by atoms with Crippen LogP contribution in [0.3, 0.4) is 0 Å². The number of nitrogens with one attached hydrogen (secondary N) is 1. The predicted molar refractivity (Wildman–Crippen MR) is 70.7 cm³/mol. The van der Waals surface area contributed by atoms with E-state index in [4.69, 9.17) is 0 Å². The Balaban J connectivity index is 1.83. The molecule has 4 heteroatoms. The van der Waals surface area contributed by atoms with E-state index in [1.807, 2.05) is 13.0 Å². The van der Waals surface area contributed by atoms with Gasteiger partial charge in [0.15, 0.2) is 0 Å². The van der Waals surface area contributed by atoms with Crippen molar-refractivity contribution in [2.45, 2.75) is 38.6 Å². The lowest BCUT2D eigenvalue weighted by atomic mass is 9.95. The summed E-state index contributed by atoms with van der Waals surface area (Å²) in [6, 6.07) is 5.73. The first kappa shape index (κ1) is 11.5. The standard InChI is InChI=1S/C14H18N2O2/c1-9-2-5-14(16(17)18)13(6-9)15-12-8-10-3-4-11(12)7-10/h2,5-6,10-12,15H,3-4,7-8H2,1H3. The number of benzene rings is 1. The van der Waals surface area contributed by atoms with Gasteiger partial charge in [0.2, 0.25) is 0 Å². The molecule has 0 heterocycles. The number of hydrogen-bond donors (Lipinski definition) is 1. The summed E-state index contributed by atoms with van der Waals surface area (Å²) in [6.07, 6.45) is 5.10. The highest BCUT2D eigenvalue weighted by Gasteiger charge is 2.39. The van der Waals surface area contributed by atoms with Crippen molar-refractivity contribution in [2.24, 2.45) is 11.8 Å². The Bertz CT molecular complexity index is 487. The van der Waals surface area contributed by atoms with E-state index < -0.39 is 0 Å². The van der Waals surface area contributed by atoms with Crippen LogP contribution >= 0.6 is 0 Å². The van der Waals surface area contributed by atoms with Crippen molar-refractivity contribution in [3.63, 3.8) is 0 Å². The predicted octanol–water partition coefficient (Wildman–Crippen LogP) is 3.50. The molecule has 1 N–H and O–H groups in total. The molecule has 0 amide bonds. The Morgan fingerprint density at radius 3 is 2.78 bits per heavy atom. The minimum Gasteiger partial charge on any atom is -0.376 e. The topological polar surface area (TPSA) is 55.2 Å². The molecule has 0 aliphatic heterocycles. The second-order valence-corrected chi connectivity index (χ2v) is 5.70. The molecule has 3 unspecified atom stereocenters. The van der Waals surface area contributed by atoms with Gasteiger partial charge >= 0.3 is 0 Å². The SMILES string of the molecule is Cc1ccc([N+](=O)[O-])c(NC2CC3CCC2C3)c1. The van der Waals surface area contributed by atoms with E-state index in [1.54, 1.807) is 12.1 Å². The molecule has 2 aliphatic rings. The lowest BCUT2D eigenvalue weighted by Gasteiger charge is -2.24. The van der Waals surface area contributed by atoms with Crippen molar-refractivity contribution in [3.05, 3.63) is 33.9 Å². The zero-order chi connectivity index (χ0) is 12.7. The summed E-state index contributed by atoms with van der Waals surface area (Å²) in [4.78, 5) is 10.7. The van der Waals surface area contributed by atoms with Gasteiger partial charge in [-0.25, -0.2) is 0 Å². The number of anilines is 1. The maximum Gasteiger partial charge on any atom is 0.292 e. The molecule has 0 saturated heterocycles. The molecule has 3 atom stereocenters. The average Bonchev–Trinajstić information content (AvgIpc) is 2.90. The zero-order valence-electron chi connectivity index (χ0n) is 10.6. The number of fused-ring (bicyclic) bond motifs is 2. The molecule has 4 nitrogen and oxygen atoms in total. The number of rotatable bonds is 3. The molecule has 2 fully saturated rings. The highest BCUT2D eigenvalue weighted by atomic mass is 16.6. The first-order valence-electron chi connectivity index (χ1n) is 6.65. The van der Waals surface area contributed by atoms with Gasteiger partial charge < -0.3 is 5.32 Å². The molecule has 18 heavy (non-hydrogen) atoms. The molecule has 0 spiro atoms. The second kappa shape index (κ2) is 4.26. The van der Waals surface area contributed by atoms with E-state index in [2.05, 4.69) is 5.32 Å². The zero-order valence-corrected chi connectivity index (χ0v) is 10.6. The van der Waals surface area contributed by atoms with Crippen LogP contribution in [0.2, 0.25) is 0 Å². The molecule has 2 bridgehead atoms. The first-order chi connectivity index (χ1) is 8.63. The Morgan fingerprint density at radius 2 is 2.17 bits per heavy atom. The van der Waals surface area contributed by atoms with Crippen LogP contribution in [0.25, 0.3) is 0 Å². The van der Waals surface area contributed by atoms with Crippen molar-refractivity contribution in [2.75, 3.05) is 5.32 Å². The third-order valence-corrected chi connectivity index (χ3v) is 4.43. The van der Waals surface area contributed by atoms with Crippen LogP contribution in [0.15, 0.2) is 18.2 Å². The van der Waals surface area contributed by atoms with Crippen molar-refractivity contribution in [1.29, 1.82) is 0 Å². The minimum atomic E-state index is -0.297. The number of nitro benzene ring substituents is 1. The summed E-state index contributed by atoms with van der Waals surface area (Å²) in [5.74, 6) is 1.56. The average molecular weight is 246 g/mol. The summed E-state index contributed by atoms with van der Waals surface area (Å²) in [7, 11) is 0. The molecule has 1 aromatic carbocycles. The minimum absolute atomic E-state index is 0.198. The fraction of sp³-hybridized carbons (Fsp3) is 0.571. The van der Waals surface area contributed by atoms with Crippen LogP contribution in [0, 0.1) is 28.9 Å². The van der Waals surface area contributed by atoms with Crippen molar-refractivity contribution in [3.8, 4) is 0 Å². The van der Waals surface area contributed by atoms with Gasteiger partial charge in [0.05, 0.1) is 4.92 Å². The summed E-state index contributed by atoms with van der Waals surface area (Å²) < 4.78 is 0. The normalized spacial score (nSPS) is 29.5. The molecule has 96 valence electrons. The summed E-state index contributed by atoms with van der Waals surface area (Å²) in [5.41, 5.74) is 1.95. The molecule has 0 radical (unpaired) electrons. The summed E-state index contributed by atoms with van der Waals surface area (Å²) in [5, 5.41) is 14.5. The Kier molecular flexibility index (Phi) is 2.73. The van der Waals surface area contributed by atoms with E-state index in [0.717, 1.165) is 17.4 Å². The van der Waals surface area contributed by atoms with E-state index in [1.165, 1.54) is 25.7 Å². The Hall–Kier alpha value is -1.58. The highest BCUT2D eigenvalue weighted by molar-refractivity contribution is 5.63. The van der Waals surface area contributed by atoms with Crippen LogP contribution in [-0.2, 0) is 0 Å². The molecular weight excluding hydrogens is 228 g/mol. The number of hydrogen-bond acceptors (Lipinski definition) is 3. The van der Waals surface area contributed by atoms with E-state index in [-0.39, 0.29) is 10.6 Å². The van der Waals surface area contributed by atoms with Gasteiger partial charge in [-0.05, 0) is 49.7 Å². The number of nitrogens with zero attached hydrogens (tertiary/aromatic N) is 1. The van der Waals surface area contributed by atoms with Crippen LogP contribution < -0.4 is 5.32 Å². The lowest BCUT2D eigenvalue weighted by molar-refractivity contribution is -0.384. The van der Waals surface area contributed by atoms with E-state index >= 15 is 0 Å². The maximum atomic E-state index is 11.0. The van der Waals surface area contributed by atoms with Gasteiger partial charge in [0, 0.05) is 12.1 Å². The monoisotopic (exact) mass is 246 g/mol. The Labute approximate surface area is 107 Å². The molecule has 3 rings (SSSR count). The maximum absolute atomic E-state index is 11.0. The van der Waals surface area contributed by atoms with E-state index in [0.29, 0.717) is 11.7 Å². The first-order valence-corrected chi connectivity index (χ1v) is 6.65. The van der Waals surface area contributed by atoms with Crippen molar-refractivity contribution >= 4 is 11.4 Å². The van der Waals surface area contributed by atoms with Gasteiger partial charge in [-0.1, -0.05) is 12.5 Å². The highest BCUT2D eigenvalue weighted by Crippen LogP contribution is 2.46. The van der Waals surface area contributed by atoms with Crippen LogP contribution in [0.4, 0.5) is 11.4 Å². The largest absolute Gasteiger partial charge is 0.376 e. The van der Waals surface area contributed by atoms with Gasteiger partial charge in [-0.3, -0.25) is 10.1 Å². The van der Waals surface area contributed by atoms with E-state index in [9.17, 15) is 10.1 Å². The van der Waals surface area contributed by atoms with Gasteiger partial charge in [0.1, 0.15) is 5.69 Å². The smallest absolute Gasteiger partial charge is 0.292 e. The molecule has 0 aromatic heterocycles. The Morgan fingerprint density at radius 1 is 1.33 bits per heavy atom. The summed E-state index contributed by atoms with van der Waals surface area (Å²) in [6.45, 7) is 1.97. The molecular formula is C14H18N2O2. The fourth-order valence-corrected chi connectivity index (χ4v) is 3.55. The third kappa shape index (κ3) is 1.96. The van der Waals surface area contributed by atoms with Gasteiger partial charge in [0.25, 0.3) is 5.69 Å². The third-order valence-electron chi connectivity index (χ3n) is 4.43. The van der Waals surface area contributed by atoms with Crippen molar-refractivity contribution in [1.82, 2.24) is 0 Å². The quantitative estimate of drug-likeness (QED) is 0.656. The second-order valence-electron chi connectivity index (χ2n) is 5.70. The van der Waals surface area contributed by atoms with Gasteiger partial charge in [-0.15, -0.1) is 0 Å². The molecule has 1 aromatic rings. The fourth-order valence-electron chi connectivity index (χ4n) is 3.55. The molecule has 2 aliphatic carbocycles. The summed E-state index contributed by atoms with van der Waals surface area (Å²) >= 11 is 0. The van der Waals surface area contributed by atoms with Crippen LogP contribution in [0.1, 0.15) is 31.2 Å². The number of nitro groups is 1. The lowest BCUT2D eigenvalue weighted by Crippen LogP contribution is -2.26. The number of aryl methyl sites for hydroxylation is 1. The molecule has 2 saturated carbocycles. The van der Waals surface area contributed by atoms with Crippen LogP contribution in [0.5, 0.6) is 0 Å².